The summed E-state index contributed by atoms with van der Waals surface area (Å²) >= 11 is 12.9. The molecule has 0 fully saturated rings. The zero-order valence-corrected chi connectivity index (χ0v) is 20.7. The predicted octanol–water partition coefficient (Wildman–Crippen LogP) is 4.85. The number of benzene rings is 2. The third-order valence-electron chi connectivity index (χ3n) is 5.29. The Hall–Kier alpha value is -3.53. The second-order valence-electron chi connectivity index (χ2n) is 8.06. The third kappa shape index (κ3) is 5.27. The maximum atomic E-state index is 11.3. The number of aromatic nitrogens is 2. The van der Waals surface area contributed by atoms with Crippen molar-refractivity contribution in [2.24, 2.45) is 0 Å². The minimum absolute atomic E-state index is 0.190. The lowest BCUT2D eigenvalue weighted by Gasteiger charge is -2.14. The molecule has 35 heavy (non-hydrogen) atoms. The number of carboxylic acids is 1. The molecule has 0 radical (unpaired) electrons. The first kappa shape index (κ1) is 24.6. The average Bonchev–Trinajstić information content (AvgIpc) is 3.23. The van der Waals surface area contributed by atoms with Crippen LogP contribution < -0.4 is 20.7 Å². The van der Waals surface area contributed by atoms with E-state index in [2.05, 4.69) is 15.3 Å². The van der Waals surface area contributed by atoms with E-state index >= 15 is 0 Å². The number of nitrogens with zero attached hydrogens (tertiary/aromatic N) is 3. The molecule has 182 valence electrons. The van der Waals surface area contributed by atoms with Crippen LogP contribution in [-0.4, -0.2) is 48.2 Å². The van der Waals surface area contributed by atoms with E-state index in [0.29, 0.717) is 33.8 Å². The van der Waals surface area contributed by atoms with Crippen LogP contribution in [0.4, 0.5) is 11.5 Å². The van der Waals surface area contributed by atoms with Crippen molar-refractivity contribution < 1.29 is 19.1 Å². The standard InChI is InChI=1S/C24H23Cl2N5O4/c1-28-18(24(32)33)8-12-6-15(25)21(16(26)7-12)34-19-10-14(27)9-17-22(19)35-23(30-17)13-4-5-20(29-11-13)31(2)3/h4-7,9-11,18,28H,8,27H2,1-3H3,(H,32,33)/t18-/m0/s1. The van der Waals surface area contributed by atoms with Crippen LogP contribution >= 0.6 is 23.2 Å². The Morgan fingerprint density at radius 3 is 2.51 bits per heavy atom. The predicted molar refractivity (Wildman–Crippen MR) is 137 cm³/mol. The molecule has 2 aromatic carbocycles. The van der Waals surface area contributed by atoms with Gasteiger partial charge in [-0.05, 0) is 49.4 Å². The van der Waals surface area contributed by atoms with Gasteiger partial charge in [-0.2, -0.15) is 0 Å². The van der Waals surface area contributed by atoms with Crippen LogP contribution in [0.3, 0.4) is 0 Å². The number of hydrogen-bond acceptors (Lipinski definition) is 8. The number of nitrogens with two attached hydrogens (primary N) is 1. The molecule has 4 rings (SSSR count). The number of nitrogens with one attached hydrogen (secondary N) is 1. The number of fused-ring (bicyclic) bond motifs is 1. The van der Waals surface area contributed by atoms with Gasteiger partial charge in [0.05, 0.1) is 15.6 Å². The highest BCUT2D eigenvalue weighted by atomic mass is 35.5. The Morgan fingerprint density at radius 1 is 1.23 bits per heavy atom. The molecule has 0 saturated heterocycles. The quantitative estimate of drug-likeness (QED) is 0.282. The van der Waals surface area contributed by atoms with Gasteiger partial charge in [0.2, 0.25) is 5.89 Å². The third-order valence-corrected chi connectivity index (χ3v) is 5.85. The van der Waals surface area contributed by atoms with Gasteiger partial charge in [0.25, 0.3) is 0 Å². The summed E-state index contributed by atoms with van der Waals surface area (Å²) in [5.74, 6) is 0.653. The first-order valence-electron chi connectivity index (χ1n) is 10.6. The normalized spacial score (nSPS) is 12.0. The van der Waals surface area contributed by atoms with E-state index in [1.54, 1.807) is 37.5 Å². The van der Waals surface area contributed by atoms with Crippen LogP contribution in [0.25, 0.3) is 22.6 Å². The van der Waals surface area contributed by atoms with Crippen LogP contribution in [0.5, 0.6) is 11.5 Å². The van der Waals surface area contributed by atoms with Gasteiger partial charge in [-0.3, -0.25) is 4.79 Å². The van der Waals surface area contributed by atoms with Crippen molar-refractivity contribution in [1.29, 1.82) is 0 Å². The molecule has 9 nitrogen and oxygen atoms in total. The number of hydrogen-bond donors (Lipinski definition) is 3. The molecule has 2 heterocycles. The van der Waals surface area contributed by atoms with Crippen molar-refractivity contribution in [3.8, 4) is 23.0 Å². The molecule has 2 aromatic heterocycles. The summed E-state index contributed by atoms with van der Waals surface area (Å²) in [6, 6.07) is 9.43. The number of carboxylic acid groups (broad SMARTS) is 1. The smallest absolute Gasteiger partial charge is 0.321 e. The van der Waals surface area contributed by atoms with Crippen molar-refractivity contribution >= 4 is 51.8 Å². The zero-order valence-electron chi connectivity index (χ0n) is 19.2. The van der Waals surface area contributed by atoms with Gasteiger partial charge in [0.1, 0.15) is 17.4 Å². The van der Waals surface area contributed by atoms with E-state index in [4.69, 9.17) is 38.1 Å². The Labute approximate surface area is 211 Å². The lowest BCUT2D eigenvalue weighted by molar-refractivity contribution is -0.139. The molecule has 0 unspecified atom stereocenters. The number of pyridine rings is 1. The molecule has 0 saturated carbocycles. The van der Waals surface area contributed by atoms with Crippen molar-refractivity contribution in [3.05, 3.63) is 58.2 Å². The topological polar surface area (TPSA) is 127 Å². The number of oxazole rings is 1. The van der Waals surface area contributed by atoms with Crippen LogP contribution in [0, 0.1) is 0 Å². The molecule has 0 aliphatic carbocycles. The fourth-order valence-corrected chi connectivity index (χ4v) is 4.09. The van der Waals surface area contributed by atoms with Crippen molar-refractivity contribution in [2.45, 2.75) is 12.5 Å². The second kappa shape index (κ2) is 9.99. The van der Waals surface area contributed by atoms with Crippen molar-refractivity contribution in [1.82, 2.24) is 15.3 Å². The van der Waals surface area contributed by atoms with Gasteiger partial charge >= 0.3 is 5.97 Å². The first-order chi connectivity index (χ1) is 16.7. The molecular formula is C24H23Cl2N5O4. The Bertz CT molecular complexity index is 1370. The van der Waals surface area contributed by atoms with Gasteiger partial charge in [-0.25, -0.2) is 9.97 Å². The van der Waals surface area contributed by atoms with Crippen molar-refractivity contribution in [2.75, 3.05) is 31.8 Å². The number of rotatable bonds is 8. The van der Waals surface area contributed by atoms with Crippen LogP contribution in [-0.2, 0) is 11.2 Å². The van der Waals surface area contributed by atoms with Gasteiger partial charge < -0.3 is 30.2 Å². The van der Waals surface area contributed by atoms with E-state index in [9.17, 15) is 9.90 Å². The molecule has 0 aliphatic heterocycles. The molecule has 0 amide bonds. The van der Waals surface area contributed by atoms with Crippen LogP contribution in [0.15, 0.2) is 47.0 Å². The first-order valence-corrected chi connectivity index (χ1v) is 11.3. The van der Waals surface area contributed by atoms with E-state index in [-0.39, 0.29) is 28.0 Å². The van der Waals surface area contributed by atoms with Crippen LogP contribution in [0.2, 0.25) is 10.0 Å². The highest BCUT2D eigenvalue weighted by Gasteiger charge is 2.20. The summed E-state index contributed by atoms with van der Waals surface area (Å²) in [5.41, 5.74) is 8.67. The van der Waals surface area contributed by atoms with E-state index in [1.165, 1.54) is 0 Å². The van der Waals surface area contributed by atoms with Gasteiger partial charge in [-0.15, -0.1) is 0 Å². The lowest BCUT2D eigenvalue weighted by atomic mass is 10.1. The molecule has 4 aromatic rings. The summed E-state index contributed by atoms with van der Waals surface area (Å²) < 4.78 is 12.0. The van der Waals surface area contributed by atoms with E-state index < -0.39 is 12.0 Å². The maximum absolute atomic E-state index is 11.3. The second-order valence-corrected chi connectivity index (χ2v) is 8.87. The van der Waals surface area contributed by atoms with Crippen molar-refractivity contribution in [3.63, 3.8) is 0 Å². The molecule has 1 atom stereocenters. The highest BCUT2D eigenvalue weighted by Crippen LogP contribution is 2.41. The minimum Gasteiger partial charge on any atom is -0.480 e. The fourth-order valence-electron chi connectivity index (χ4n) is 3.49. The summed E-state index contributed by atoms with van der Waals surface area (Å²) in [4.78, 5) is 22.1. The molecule has 0 aliphatic rings. The lowest BCUT2D eigenvalue weighted by Crippen LogP contribution is -2.35. The molecule has 0 bridgehead atoms. The number of anilines is 2. The largest absolute Gasteiger partial charge is 0.480 e. The number of likely N-dealkylation sites (N-methyl/N-ethyl adjacent to an activating group) is 1. The van der Waals surface area contributed by atoms with Gasteiger partial charge in [0, 0.05) is 32.0 Å². The number of ether oxygens (including phenoxy) is 1. The summed E-state index contributed by atoms with van der Waals surface area (Å²) in [6.07, 6.45) is 1.87. The van der Waals surface area contributed by atoms with Gasteiger partial charge in [0.15, 0.2) is 17.1 Å². The molecular weight excluding hydrogens is 493 g/mol. The Balaban J connectivity index is 1.68. The number of carbonyl (C=O) groups is 1. The fraction of sp³-hybridized carbons (Fsp3) is 0.208. The SMILES string of the molecule is CN[C@@H](Cc1cc(Cl)c(Oc2cc(N)cc3nc(-c4ccc(N(C)C)nc4)oc23)c(Cl)c1)C(=O)O. The number of aliphatic carboxylic acids is 1. The number of halogens is 2. The maximum Gasteiger partial charge on any atom is 0.321 e. The molecule has 4 N–H and O–H groups in total. The number of nitrogen functional groups attached to an aromatic ring is 1. The highest BCUT2D eigenvalue weighted by molar-refractivity contribution is 6.37. The Kier molecular flexibility index (Phi) is 7.02. The monoisotopic (exact) mass is 515 g/mol. The van der Waals surface area contributed by atoms with E-state index in [1.807, 2.05) is 31.1 Å². The summed E-state index contributed by atoms with van der Waals surface area (Å²) in [7, 11) is 5.38. The average molecular weight is 516 g/mol. The molecule has 0 spiro atoms. The van der Waals surface area contributed by atoms with Gasteiger partial charge in [-0.1, -0.05) is 23.2 Å². The summed E-state index contributed by atoms with van der Waals surface area (Å²) in [6.45, 7) is 0. The van der Waals surface area contributed by atoms with E-state index in [0.717, 1.165) is 5.82 Å². The Morgan fingerprint density at radius 2 is 1.94 bits per heavy atom. The minimum atomic E-state index is -0.977. The molecule has 11 heteroatoms. The van der Waals surface area contributed by atoms with Crippen LogP contribution in [0.1, 0.15) is 5.56 Å². The zero-order chi connectivity index (χ0) is 25.3. The summed E-state index contributed by atoms with van der Waals surface area (Å²) in [5, 5.41) is 12.4.